The number of urea groups is 1. The molecule has 1 aliphatic heterocycles. The molecule has 1 aromatic carbocycles. The number of benzene rings is 1. The lowest BCUT2D eigenvalue weighted by Crippen LogP contribution is -2.43. The van der Waals surface area contributed by atoms with E-state index in [9.17, 15) is 9.59 Å². The third-order valence-corrected chi connectivity index (χ3v) is 4.02. The molecule has 3 rings (SSSR count). The molecule has 0 saturated carbocycles. The van der Waals surface area contributed by atoms with Crippen LogP contribution in [0.15, 0.2) is 36.7 Å². The summed E-state index contributed by atoms with van der Waals surface area (Å²) in [6.45, 7) is 3.23. The van der Waals surface area contributed by atoms with Crippen molar-refractivity contribution < 1.29 is 9.59 Å². The number of halogens is 1. The second-order valence-corrected chi connectivity index (χ2v) is 6.08. The summed E-state index contributed by atoms with van der Waals surface area (Å²) in [7, 11) is 0. The molecule has 24 heavy (non-hydrogen) atoms. The first kappa shape index (κ1) is 16.3. The maximum atomic E-state index is 12.3. The van der Waals surface area contributed by atoms with Crippen molar-refractivity contribution in [3.63, 3.8) is 0 Å². The molecule has 0 aliphatic carbocycles. The molecule has 2 aromatic rings. The fraction of sp³-hybridized carbons (Fsp3) is 0.312. The molecule has 0 bridgehead atoms. The Bertz CT molecular complexity index is 743. The number of carbonyl (C=O) groups excluding carboxylic acids is 2. The molecule has 2 heterocycles. The zero-order valence-corrected chi connectivity index (χ0v) is 14.0. The van der Waals surface area contributed by atoms with Crippen LogP contribution in [0.4, 0.5) is 10.5 Å². The van der Waals surface area contributed by atoms with Crippen LogP contribution in [0.1, 0.15) is 12.5 Å². The molecule has 0 spiro atoms. The predicted molar refractivity (Wildman–Crippen MR) is 91.0 cm³/mol. The minimum atomic E-state index is -0.512. The van der Waals surface area contributed by atoms with Gasteiger partial charge in [-0.15, -0.1) is 0 Å². The Balaban J connectivity index is 1.60. The summed E-state index contributed by atoms with van der Waals surface area (Å²) >= 11 is 5.87. The lowest BCUT2D eigenvalue weighted by Gasteiger charge is -2.18. The van der Waals surface area contributed by atoms with Crippen LogP contribution in [0.25, 0.3) is 0 Å². The van der Waals surface area contributed by atoms with Crippen molar-refractivity contribution in [2.24, 2.45) is 0 Å². The molecule has 3 amide bonds. The molecule has 1 aliphatic rings. The van der Waals surface area contributed by atoms with Gasteiger partial charge in [0.25, 0.3) is 5.91 Å². The van der Waals surface area contributed by atoms with Crippen LogP contribution in [0.3, 0.4) is 0 Å². The molecule has 1 unspecified atom stereocenters. The minimum Gasteiger partial charge on any atom is -0.371 e. The second-order valence-electron chi connectivity index (χ2n) is 5.64. The standard InChI is InChI=1S/C16H18ClN5O2/c1-11(15(23)22-7-6-18-16(22)24)20-14-8-19-21(10-14)9-12-2-4-13(17)5-3-12/h2-5,8,10-11,20H,6-7,9H2,1H3,(H,18,24). The predicted octanol–water partition coefficient (Wildman–Crippen LogP) is 1.94. The first-order valence-electron chi connectivity index (χ1n) is 7.65. The van der Waals surface area contributed by atoms with E-state index in [1.54, 1.807) is 17.8 Å². The van der Waals surface area contributed by atoms with Gasteiger partial charge in [-0.2, -0.15) is 5.10 Å². The Morgan fingerprint density at radius 1 is 1.42 bits per heavy atom. The van der Waals surface area contributed by atoms with E-state index >= 15 is 0 Å². The Kier molecular flexibility index (Phi) is 4.71. The summed E-state index contributed by atoms with van der Waals surface area (Å²) in [5, 5.41) is 10.7. The van der Waals surface area contributed by atoms with Crippen LogP contribution in [0, 0.1) is 0 Å². The van der Waals surface area contributed by atoms with Crippen molar-refractivity contribution in [1.82, 2.24) is 20.0 Å². The van der Waals surface area contributed by atoms with Gasteiger partial charge in [0.05, 0.1) is 18.4 Å². The van der Waals surface area contributed by atoms with Crippen LogP contribution in [0.5, 0.6) is 0 Å². The summed E-state index contributed by atoms with van der Waals surface area (Å²) in [4.78, 5) is 25.0. The van der Waals surface area contributed by atoms with Crippen LogP contribution < -0.4 is 10.6 Å². The number of anilines is 1. The molecule has 1 aromatic heterocycles. The fourth-order valence-electron chi connectivity index (χ4n) is 2.53. The van der Waals surface area contributed by atoms with Gasteiger partial charge in [0, 0.05) is 24.3 Å². The van der Waals surface area contributed by atoms with E-state index in [1.165, 1.54) is 4.90 Å². The third kappa shape index (κ3) is 3.68. The number of amides is 3. The average Bonchev–Trinajstić information content (AvgIpc) is 3.18. The molecule has 7 nitrogen and oxygen atoms in total. The average molecular weight is 348 g/mol. The number of carbonyl (C=O) groups is 2. The van der Waals surface area contributed by atoms with Crippen molar-refractivity contribution in [3.8, 4) is 0 Å². The molecule has 126 valence electrons. The highest BCUT2D eigenvalue weighted by molar-refractivity contribution is 6.30. The highest BCUT2D eigenvalue weighted by Gasteiger charge is 2.29. The normalized spacial score (nSPS) is 15.2. The summed E-state index contributed by atoms with van der Waals surface area (Å²) < 4.78 is 1.77. The zero-order chi connectivity index (χ0) is 17.1. The number of hydrogen-bond donors (Lipinski definition) is 2. The van der Waals surface area contributed by atoms with E-state index in [2.05, 4.69) is 15.7 Å². The van der Waals surface area contributed by atoms with E-state index in [0.717, 1.165) is 11.3 Å². The molecule has 1 saturated heterocycles. The van der Waals surface area contributed by atoms with E-state index in [-0.39, 0.29) is 11.9 Å². The zero-order valence-electron chi connectivity index (χ0n) is 13.2. The molecular weight excluding hydrogens is 330 g/mol. The lowest BCUT2D eigenvalue weighted by molar-refractivity contribution is -0.128. The molecular formula is C16H18ClN5O2. The SMILES string of the molecule is CC(Nc1cnn(Cc2ccc(Cl)cc2)c1)C(=O)N1CCNC1=O. The van der Waals surface area contributed by atoms with Crippen molar-refractivity contribution in [2.75, 3.05) is 18.4 Å². The van der Waals surface area contributed by atoms with Crippen molar-refractivity contribution >= 4 is 29.2 Å². The first-order chi connectivity index (χ1) is 11.5. The smallest absolute Gasteiger partial charge is 0.324 e. The van der Waals surface area contributed by atoms with Crippen LogP contribution >= 0.6 is 11.6 Å². The summed E-state index contributed by atoms with van der Waals surface area (Å²) in [5.41, 5.74) is 1.80. The summed E-state index contributed by atoms with van der Waals surface area (Å²) in [6, 6.07) is 6.70. The number of imide groups is 1. The van der Waals surface area contributed by atoms with E-state index < -0.39 is 6.04 Å². The van der Waals surface area contributed by atoms with Gasteiger partial charge in [0.2, 0.25) is 0 Å². The van der Waals surface area contributed by atoms with Crippen molar-refractivity contribution in [3.05, 3.63) is 47.2 Å². The Morgan fingerprint density at radius 2 is 2.17 bits per heavy atom. The number of aromatic nitrogens is 2. The van der Waals surface area contributed by atoms with Crippen molar-refractivity contribution in [2.45, 2.75) is 19.5 Å². The van der Waals surface area contributed by atoms with Crippen LogP contribution in [-0.2, 0) is 11.3 Å². The third-order valence-electron chi connectivity index (χ3n) is 3.77. The van der Waals surface area contributed by atoms with Gasteiger partial charge in [-0.25, -0.2) is 4.79 Å². The molecule has 1 fully saturated rings. The first-order valence-corrected chi connectivity index (χ1v) is 8.03. The highest BCUT2D eigenvalue weighted by Crippen LogP contribution is 2.13. The molecule has 2 N–H and O–H groups in total. The van der Waals surface area contributed by atoms with Gasteiger partial charge in [0.1, 0.15) is 6.04 Å². The van der Waals surface area contributed by atoms with Gasteiger partial charge in [-0.3, -0.25) is 14.4 Å². The number of hydrogen-bond acceptors (Lipinski definition) is 4. The highest BCUT2D eigenvalue weighted by atomic mass is 35.5. The van der Waals surface area contributed by atoms with E-state index in [0.29, 0.717) is 24.7 Å². The summed E-state index contributed by atoms with van der Waals surface area (Å²) in [5.74, 6) is -0.254. The Morgan fingerprint density at radius 3 is 2.83 bits per heavy atom. The van der Waals surface area contributed by atoms with E-state index in [4.69, 9.17) is 11.6 Å². The monoisotopic (exact) mass is 347 g/mol. The Hall–Kier alpha value is -2.54. The van der Waals surface area contributed by atoms with Gasteiger partial charge >= 0.3 is 6.03 Å². The maximum Gasteiger partial charge on any atom is 0.324 e. The molecule has 1 atom stereocenters. The molecule has 0 radical (unpaired) electrons. The second kappa shape index (κ2) is 6.92. The quantitative estimate of drug-likeness (QED) is 0.866. The topological polar surface area (TPSA) is 79.3 Å². The fourth-order valence-corrected chi connectivity index (χ4v) is 2.65. The van der Waals surface area contributed by atoms with Crippen LogP contribution in [-0.4, -0.2) is 45.8 Å². The summed E-state index contributed by atoms with van der Waals surface area (Å²) in [6.07, 6.45) is 3.48. The van der Waals surface area contributed by atoms with Gasteiger partial charge in [-0.1, -0.05) is 23.7 Å². The Labute approximate surface area is 144 Å². The number of rotatable bonds is 5. The lowest BCUT2D eigenvalue weighted by atomic mass is 10.2. The van der Waals surface area contributed by atoms with Crippen molar-refractivity contribution in [1.29, 1.82) is 0 Å². The largest absolute Gasteiger partial charge is 0.371 e. The molecule has 8 heteroatoms. The maximum absolute atomic E-state index is 12.3. The minimum absolute atomic E-state index is 0.254. The van der Waals surface area contributed by atoms with E-state index in [1.807, 2.05) is 30.5 Å². The van der Waals surface area contributed by atoms with Gasteiger partial charge < -0.3 is 10.6 Å². The van der Waals surface area contributed by atoms with Crippen LogP contribution in [0.2, 0.25) is 5.02 Å². The number of nitrogens with zero attached hydrogens (tertiary/aromatic N) is 3. The van der Waals surface area contributed by atoms with Gasteiger partial charge in [0.15, 0.2) is 0 Å². The number of nitrogens with one attached hydrogen (secondary N) is 2. The van der Waals surface area contributed by atoms with Gasteiger partial charge in [-0.05, 0) is 24.6 Å².